The first-order valence-corrected chi connectivity index (χ1v) is 11.0. The largest absolute Gasteiger partial charge is 0.378 e. The van der Waals surface area contributed by atoms with Crippen molar-refractivity contribution in [2.45, 2.75) is 27.2 Å². The Morgan fingerprint density at radius 1 is 0.903 bits per heavy atom. The predicted molar refractivity (Wildman–Crippen MR) is 127 cm³/mol. The Morgan fingerprint density at radius 3 is 2.32 bits per heavy atom. The fourth-order valence-corrected chi connectivity index (χ4v) is 4.49. The van der Waals surface area contributed by atoms with Crippen LogP contribution < -0.4 is 4.90 Å². The fraction of sp³-hybridized carbons (Fsp3) is 0.296. The van der Waals surface area contributed by atoms with Crippen molar-refractivity contribution in [1.29, 1.82) is 0 Å². The lowest BCUT2D eigenvalue weighted by Gasteiger charge is -2.28. The molecular weight excluding hydrogens is 382 g/mol. The molecule has 2 aromatic carbocycles. The quantitative estimate of drug-likeness (QED) is 0.453. The van der Waals surface area contributed by atoms with Gasteiger partial charge in [-0.3, -0.25) is 4.40 Å². The van der Waals surface area contributed by atoms with E-state index >= 15 is 0 Å². The zero-order valence-corrected chi connectivity index (χ0v) is 18.6. The molecule has 1 aliphatic rings. The van der Waals surface area contributed by atoms with Gasteiger partial charge < -0.3 is 9.64 Å². The van der Waals surface area contributed by atoms with E-state index < -0.39 is 0 Å². The van der Waals surface area contributed by atoms with Crippen LogP contribution >= 0.6 is 0 Å². The molecule has 2 aromatic heterocycles. The van der Waals surface area contributed by atoms with Crippen LogP contribution in [-0.4, -0.2) is 35.7 Å². The van der Waals surface area contributed by atoms with Crippen molar-refractivity contribution in [3.8, 4) is 11.3 Å². The molecular formula is C27H29N3O. The molecule has 0 spiro atoms. The lowest BCUT2D eigenvalue weighted by Crippen LogP contribution is -2.36. The Bertz CT molecular complexity index is 1190. The maximum Gasteiger partial charge on any atom is 0.140 e. The van der Waals surface area contributed by atoms with E-state index in [0.29, 0.717) is 0 Å². The van der Waals surface area contributed by atoms with Gasteiger partial charge in [-0.05, 0) is 84.5 Å². The lowest BCUT2D eigenvalue weighted by atomic mass is 9.98. The molecule has 1 aliphatic heterocycles. The molecule has 0 aliphatic carbocycles. The zero-order chi connectivity index (χ0) is 21.4. The van der Waals surface area contributed by atoms with E-state index in [1.165, 1.54) is 44.8 Å². The summed E-state index contributed by atoms with van der Waals surface area (Å²) in [4.78, 5) is 7.08. The molecule has 0 saturated carbocycles. The van der Waals surface area contributed by atoms with Gasteiger partial charge in [0, 0.05) is 37.6 Å². The third-order valence-electron chi connectivity index (χ3n) is 6.56. The van der Waals surface area contributed by atoms with Crippen molar-refractivity contribution in [2.75, 3.05) is 31.2 Å². The number of aromatic nitrogens is 2. The smallest absolute Gasteiger partial charge is 0.140 e. The van der Waals surface area contributed by atoms with Gasteiger partial charge in [0.15, 0.2) is 0 Å². The normalized spacial score (nSPS) is 14.4. The van der Waals surface area contributed by atoms with Gasteiger partial charge in [0.2, 0.25) is 0 Å². The molecule has 1 saturated heterocycles. The number of rotatable bonds is 4. The Hall–Kier alpha value is -3.11. The fourth-order valence-electron chi connectivity index (χ4n) is 4.49. The molecule has 0 unspecified atom stereocenters. The minimum absolute atomic E-state index is 0.812. The van der Waals surface area contributed by atoms with E-state index in [0.717, 1.165) is 38.4 Å². The molecule has 0 radical (unpaired) electrons. The standard InChI is InChI=1S/C27H29N3O/c1-19-16-24(17-20(2)21(19)3)26-9-6-23(27-28-10-11-30(26)27)18-22-4-7-25(8-5-22)29-12-14-31-15-13-29/h4-11,16-17H,12-15,18H2,1-3H3. The highest BCUT2D eigenvalue weighted by Crippen LogP contribution is 2.28. The minimum Gasteiger partial charge on any atom is -0.378 e. The van der Waals surface area contributed by atoms with Gasteiger partial charge in [-0.2, -0.15) is 0 Å². The number of ether oxygens (including phenoxy) is 1. The highest BCUT2D eigenvalue weighted by atomic mass is 16.5. The number of pyridine rings is 1. The molecule has 158 valence electrons. The van der Waals surface area contributed by atoms with Crippen LogP contribution in [0.15, 0.2) is 60.9 Å². The van der Waals surface area contributed by atoms with Gasteiger partial charge in [-0.25, -0.2) is 4.98 Å². The van der Waals surface area contributed by atoms with E-state index in [9.17, 15) is 0 Å². The Morgan fingerprint density at radius 2 is 1.61 bits per heavy atom. The number of nitrogens with zero attached hydrogens (tertiary/aromatic N) is 3. The van der Waals surface area contributed by atoms with Crippen molar-refractivity contribution >= 4 is 11.3 Å². The van der Waals surface area contributed by atoms with Crippen LogP contribution in [0.3, 0.4) is 0 Å². The third kappa shape index (κ3) is 3.84. The Balaban J connectivity index is 1.44. The van der Waals surface area contributed by atoms with Gasteiger partial charge in [0.1, 0.15) is 5.65 Å². The van der Waals surface area contributed by atoms with Gasteiger partial charge in [0.05, 0.1) is 18.9 Å². The highest BCUT2D eigenvalue weighted by Gasteiger charge is 2.13. The van der Waals surface area contributed by atoms with Crippen LogP contribution in [0.2, 0.25) is 0 Å². The van der Waals surface area contributed by atoms with E-state index in [4.69, 9.17) is 9.72 Å². The summed E-state index contributed by atoms with van der Waals surface area (Å²) in [5, 5.41) is 0. The van der Waals surface area contributed by atoms with Crippen LogP contribution in [0, 0.1) is 20.8 Å². The molecule has 0 bridgehead atoms. The second-order valence-electron chi connectivity index (χ2n) is 8.54. The SMILES string of the molecule is Cc1cc(-c2ccc(Cc3ccc(N4CCOCC4)cc3)c3nccn23)cc(C)c1C. The van der Waals surface area contributed by atoms with Crippen LogP contribution in [0.1, 0.15) is 27.8 Å². The molecule has 3 heterocycles. The second-order valence-corrected chi connectivity index (χ2v) is 8.54. The summed E-state index contributed by atoms with van der Waals surface area (Å²) in [7, 11) is 0. The van der Waals surface area contributed by atoms with Crippen molar-refractivity contribution < 1.29 is 4.74 Å². The molecule has 0 atom stereocenters. The number of aryl methyl sites for hydroxylation is 2. The van der Waals surface area contributed by atoms with E-state index in [1.54, 1.807) is 0 Å². The van der Waals surface area contributed by atoms with Gasteiger partial charge in [-0.1, -0.05) is 18.2 Å². The molecule has 1 fully saturated rings. The summed E-state index contributed by atoms with van der Waals surface area (Å²) in [6.45, 7) is 10.1. The van der Waals surface area contributed by atoms with Crippen LogP contribution in [0.25, 0.3) is 16.9 Å². The van der Waals surface area contributed by atoms with Gasteiger partial charge >= 0.3 is 0 Å². The van der Waals surface area contributed by atoms with Crippen LogP contribution in [-0.2, 0) is 11.2 Å². The molecule has 4 aromatic rings. The van der Waals surface area contributed by atoms with Crippen molar-refractivity contribution in [1.82, 2.24) is 9.38 Å². The molecule has 5 rings (SSSR count). The molecule has 0 N–H and O–H groups in total. The number of morpholine rings is 1. The topological polar surface area (TPSA) is 29.8 Å². The van der Waals surface area contributed by atoms with Crippen LogP contribution in [0.4, 0.5) is 5.69 Å². The second kappa shape index (κ2) is 8.20. The van der Waals surface area contributed by atoms with Gasteiger partial charge in [0.25, 0.3) is 0 Å². The molecule has 4 heteroatoms. The molecule has 4 nitrogen and oxygen atoms in total. The monoisotopic (exact) mass is 411 g/mol. The summed E-state index contributed by atoms with van der Waals surface area (Å²) >= 11 is 0. The summed E-state index contributed by atoms with van der Waals surface area (Å²) in [6, 6.07) is 18.0. The third-order valence-corrected chi connectivity index (χ3v) is 6.56. The number of hydrogen-bond donors (Lipinski definition) is 0. The average molecular weight is 412 g/mol. The van der Waals surface area contributed by atoms with E-state index in [2.05, 4.69) is 84.8 Å². The summed E-state index contributed by atoms with van der Waals surface area (Å²) in [5.74, 6) is 0. The van der Waals surface area contributed by atoms with Crippen molar-refractivity contribution in [2.24, 2.45) is 0 Å². The maximum atomic E-state index is 5.47. The predicted octanol–water partition coefficient (Wildman–Crippen LogP) is 5.35. The number of hydrogen-bond acceptors (Lipinski definition) is 3. The minimum atomic E-state index is 0.812. The first-order chi connectivity index (χ1) is 15.1. The van der Waals surface area contributed by atoms with Gasteiger partial charge in [-0.15, -0.1) is 0 Å². The van der Waals surface area contributed by atoms with E-state index in [1.807, 2.05) is 6.20 Å². The Labute approximate surface area is 184 Å². The number of fused-ring (bicyclic) bond motifs is 1. The average Bonchev–Trinajstić information content (AvgIpc) is 3.29. The number of anilines is 1. The molecule has 0 amide bonds. The Kier molecular flexibility index (Phi) is 5.24. The zero-order valence-electron chi connectivity index (χ0n) is 18.6. The number of benzene rings is 2. The first kappa shape index (κ1) is 19.8. The van der Waals surface area contributed by atoms with Crippen molar-refractivity contribution in [3.05, 3.63) is 88.7 Å². The summed E-state index contributed by atoms with van der Waals surface area (Å²) in [6.07, 6.45) is 4.84. The molecule has 31 heavy (non-hydrogen) atoms. The van der Waals surface area contributed by atoms with Crippen molar-refractivity contribution in [3.63, 3.8) is 0 Å². The summed E-state index contributed by atoms with van der Waals surface area (Å²) in [5.41, 5.74) is 11.3. The maximum absolute atomic E-state index is 5.47. The first-order valence-electron chi connectivity index (χ1n) is 11.0. The number of imidazole rings is 1. The lowest BCUT2D eigenvalue weighted by molar-refractivity contribution is 0.122. The van der Waals surface area contributed by atoms with E-state index in [-0.39, 0.29) is 0 Å². The summed E-state index contributed by atoms with van der Waals surface area (Å²) < 4.78 is 7.69. The highest BCUT2D eigenvalue weighted by molar-refractivity contribution is 5.68. The van der Waals surface area contributed by atoms with Crippen LogP contribution in [0.5, 0.6) is 0 Å².